The summed E-state index contributed by atoms with van der Waals surface area (Å²) in [5, 5.41) is 1.77. The van der Waals surface area contributed by atoms with E-state index in [1.807, 2.05) is 0 Å². The maximum absolute atomic E-state index is 13.0. The average molecular weight is 406 g/mol. The molecule has 0 saturated carbocycles. The lowest BCUT2D eigenvalue weighted by Crippen LogP contribution is -2.58. The molecule has 3 rings (SSSR count). The number of amides is 2. The van der Waals surface area contributed by atoms with Crippen molar-refractivity contribution >= 4 is 21.7 Å². The van der Waals surface area contributed by atoms with Gasteiger partial charge in [0.25, 0.3) is 5.91 Å². The van der Waals surface area contributed by atoms with E-state index in [-0.39, 0.29) is 30.4 Å². The largest absolute Gasteiger partial charge is 0.497 e. The van der Waals surface area contributed by atoms with Gasteiger partial charge in [0.05, 0.1) is 18.6 Å². The summed E-state index contributed by atoms with van der Waals surface area (Å²) >= 11 is 0. The van der Waals surface area contributed by atoms with Gasteiger partial charge in [0.1, 0.15) is 16.8 Å². The number of nitrogens with zero attached hydrogens (tertiary/aromatic N) is 1. The quantitative estimate of drug-likeness (QED) is 0.729. The Hall–Kier alpha value is -2.94. The van der Waals surface area contributed by atoms with Gasteiger partial charge in [-0.25, -0.2) is 12.8 Å². The van der Waals surface area contributed by atoms with Crippen LogP contribution in [0.25, 0.3) is 0 Å². The first-order valence-electron chi connectivity index (χ1n) is 8.51. The molecule has 2 aromatic rings. The fourth-order valence-corrected chi connectivity index (χ4v) is 4.44. The molecule has 2 aromatic carbocycles. The van der Waals surface area contributed by atoms with Gasteiger partial charge >= 0.3 is 0 Å². The minimum Gasteiger partial charge on any atom is -0.497 e. The van der Waals surface area contributed by atoms with E-state index >= 15 is 0 Å². The maximum Gasteiger partial charge on any atom is 0.251 e. The Morgan fingerprint density at radius 2 is 1.86 bits per heavy atom. The molecule has 0 radical (unpaired) electrons. The molecule has 0 spiro atoms. The number of nitrogens with one attached hydrogen (secondary N) is 1. The van der Waals surface area contributed by atoms with Crippen LogP contribution in [0.15, 0.2) is 53.4 Å². The first-order chi connectivity index (χ1) is 13.3. The topological polar surface area (TPSA) is 92.8 Å². The van der Waals surface area contributed by atoms with Gasteiger partial charge in [-0.05, 0) is 42.5 Å². The number of ether oxygens (including phenoxy) is 1. The van der Waals surface area contributed by atoms with Crippen LogP contribution in [0.5, 0.6) is 5.75 Å². The molecule has 7 nitrogen and oxygen atoms in total. The molecule has 0 bridgehead atoms. The molecule has 0 aromatic heterocycles. The fraction of sp³-hybridized carbons (Fsp3) is 0.263. The third kappa shape index (κ3) is 4.14. The Balaban J connectivity index is 1.52. The number of likely N-dealkylation sites (tertiary alicyclic amines) is 1. The molecule has 1 aliphatic heterocycles. The summed E-state index contributed by atoms with van der Waals surface area (Å²) in [5.41, 5.74) is 0.354. The van der Waals surface area contributed by atoms with Crippen molar-refractivity contribution in [2.24, 2.45) is 0 Å². The van der Waals surface area contributed by atoms with Gasteiger partial charge in [0.2, 0.25) is 5.91 Å². The van der Waals surface area contributed by atoms with E-state index < -0.39 is 26.8 Å². The van der Waals surface area contributed by atoms with Crippen LogP contribution in [0.2, 0.25) is 0 Å². The van der Waals surface area contributed by atoms with E-state index in [1.54, 1.807) is 24.3 Å². The summed E-state index contributed by atoms with van der Waals surface area (Å²) in [6.45, 7) is -0.166. The SMILES string of the molecule is COc1cccc(C(=O)NCC(=O)N2CC(S(=O)(=O)c3ccc(F)cc3)C2)c1. The lowest BCUT2D eigenvalue weighted by Gasteiger charge is -2.38. The van der Waals surface area contributed by atoms with Crippen molar-refractivity contribution in [3.63, 3.8) is 0 Å². The zero-order chi connectivity index (χ0) is 20.3. The Kier molecular flexibility index (Phi) is 5.64. The van der Waals surface area contributed by atoms with Crippen molar-refractivity contribution in [2.75, 3.05) is 26.7 Å². The van der Waals surface area contributed by atoms with Crippen molar-refractivity contribution in [2.45, 2.75) is 10.1 Å². The number of carbonyl (C=O) groups is 2. The minimum absolute atomic E-state index is 0.0253. The van der Waals surface area contributed by atoms with E-state index in [2.05, 4.69) is 5.32 Å². The predicted molar refractivity (Wildman–Crippen MR) is 99.3 cm³/mol. The van der Waals surface area contributed by atoms with Crippen molar-refractivity contribution in [3.05, 3.63) is 59.9 Å². The normalized spacial score (nSPS) is 14.3. The number of carbonyl (C=O) groups excluding carboxylic acids is 2. The lowest BCUT2D eigenvalue weighted by molar-refractivity contribution is -0.133. The molecule has 28 heavy (non-hydrogen) atoms. The third-order valence-electron chi connectivity index (χ3n) is 4.51. The van der Waals surface area contributed by atoms with Gasteiger partial charge in [-0.3, -0.25) is 9.59 Å². The predicted octanol–water partition coefficient (Wildman–Crippen LogP) is 1.25. The standard InChI is InChI=1S/C19H19FN2O5S/c1-27-15-4-2-3-13(9-15)19(24)21-10-18(23)22-11-17(12-22)28(25,26)16-7-5-14(20)6-8-16/h2-9,17H,10-12H2,1H3,(H,21,24). The first-order valence-corrected chi connectivity index (χ1v) is 10.1. The van der Waals surface area contributed by atoms with Gasteiger partial charge in [0, 0.05) is 18.7 Å². The second kappa shape index (κ2) is 7.97. The van der Waals surface area contributed by atoms with Gasteiger partial charge in [0.15, 0.2) is 9.84 Å². The number of halogens is 1. The van der Waals surface area contributed by atoms with E-state index in [1.165, 1.54) is 24.1 Å². The van der Waals surface area contributed by atoms with Crippen LogP contribution in [0.1, 0.15) is 10.4 Å². The van der Waals surface area contributed by atoms with Gasteiger partial charge in [-0.1, -0.05) is 6.07 Å². The molecule has 1 saturated heterocycles. The van der Waals surface area contributed by atoms with Crippen molar-refractivity contribution < 1.29 is 27.1 Å². The molecule has 0 aliphatic carbocycles. The minimum atomic E-state index is -3.63. The van der Waals surface area contributed by atoms with Gasteiger partial charge in [-0.15, -0.1) is 0 Å². The number of benzene rings is 2. The van der Waals surface area contributed by atoms with Crippen LogP contribution in [-0.2, 0) is 14.6 Å². The highest BCUT2D eigenvalue weighted by molar-refractivity contribution is 7.92. The van der Waals surface area contributed by atoms with E-state index in [0.29, 0.717) is 11.3 Å². The number of rotatable bonds is 6. The number of hydrogen-bond donors (Lipinski definition) is 1. The second-order valence-corrected chi connectivity index (χ2v) is 8.56. The van der Waals surface area contributed by atoms with Gasteiger partial charge < -0.3 is 15.0 Å². The van der Waals surface area contributed by atoms with E-state index in [4.69, 9.17) is 4.74 Å². The van der Waals surface area contributed by atoms with Crippen molar-refractivity contribution in [1.29, 1.82) is 0 Å². The number of hydrogen-bond acceptors (Lipinski definition) is 5. The van der Waals surface area contributed by atoms with E-state index in [9.17, 15) is 22.4 Å². The molecule has 2 amide bonds. The maximum atomic E-state index is 13.0. The van der Waals surface area contributed by atoms with Crippen molar-refractivity contribution in [3.8, 4) is 5.75 Å². The highest BCUT2D eigenvalue weighted by Crippen LogP contribution is 2.24. The summed E-state index contributed by atoms with van der Waals surface area (Å²) in [6.07, 6.45) is 0. The monoisotopic (exact) mass is 406 g/mol. The Morgan fingerprint density at radius 1 is 1.18 bits per heavy atom. The summed E-state index contributed by atoms with van der Waals surface area (Å²) in [4.78, 5) is 25.7. The van der Waals surface area contributed by atoms with Crippen LogP contribution in [0.4, 0.5) is 4.39 Å². The fourth-order valence-electron chi connectivity index (χ4n) is 2.79. The number of sulfone groups is 1. The Morgan fingerprint density at radius 3 is 2.50 bits per heavy atom. The average Bonchev–Trinajstić information content (AvgIpc) is 2.65. The molecule has 1 aliphatic rings. The summed E-state index contributed by atoms with van der Waals surface area (Å²) in [6, 6.07) is 11.1. The second-order valence-electron chi connectivity index (χ2n) is 6.33. The van der Waals surface area contributed by atoms with Crippen LogP contribution < -0.4 is 10.1 Å². The van der Waals surface area contributed by atoms with Crippen LogP contribution >= 0.6 is 0 Å². The third-order valence-corrected chi connectivity index (χ3v) is 6.62. The Labute approximate surface area is 162 Å². The lowest BCUT2D eigenvalue weighted by atomic mass is 10.2. The first kappa shape index (κ1) is 19.8. The summed E-state index contributed by atoms with van der Waals surface area (Å²) in [7, 11) is -2.14. The highest BCUT2D eigenvalue weighted by atomic mass is 32.2. The molecular weight excluding hydrogens is 387 g/mol. The number of methoxy groups -OCH3 is 1. The zero-order valence-corrected chi connectivity index (χ0v) is 15.9. The van der Waals surface area contributed by atoms with Crippen LogP contribution in [-0.4, -0.2) is 57.1 Å². The molecule has 1 heterocycles. The zero-order valence-electron chi connectivity index (χ0n) is 15.1. The molecule has 0 unspecified atom stereocenters. The Bertz CT molecular complexity index is 986. The molecule has 9 heteroatoms. The van der Waals surface area contributed by atoms with Crippen LogP contribution in [0, 0.1) is 5.82 Å². The molecule has 0 atom stereocenters. The summed E-state index contributed by atoms with van der Waals surface area (Å²) in [5.74, 6) is -0.795. The molecule has 148 valence electrons. The van der Waals surface area contributed by atoms with Crippen LogP contribution in [0.3, 0.4) is 0 Å². The van der Waals surface area contributed by atoms with Crippen molar-refractivity contribution in [1.82, 2.24) is 10.2 Å². The summed E-state index contributed by atoms with van der Waals surface area (Å²) < 4.78 is 42.9. The molecule has 1 N–H and O–H groups in total. The molecular formula is C19H19FN2O5S. The highest BCUT2D eigenvalue weighted by Gasteiger charge is 2.40. The molecule has 1 fully saturated rings. The smallest absolute Gasteiger partial charge is 0.251 e. The van der Waals surface area contributed by atoms with E-state index in [0.717, 1.165) is 12.1 Å². The van der Waals surface area contributed by atoms with Gasteiger partial charge in [-0.2, -0.15) is 0 Å².